The Bertz CT molecular complexity index is 1310. The van der Waals surface area contributed by atoms with Crippen LogP contribution < -0.4 is 26.1 Å². The predicted octanol–water partition coefficient (Wildman–Crippen LogP) is 4.16. The third-order valence-electron chi connectivity index (χ3n) is 6.19. The number of alkyl halides is 3. The summed E-state index contributed by atoms with van der Waals surface area (Å²) >= 11 is 0. The maximum Gasteiger partial charge on any atom is 0.416 e. The molecule has 1 aromatic carbocycles. The second-order valence-corrected chi connectivity index (χ2v) is 9.17. The van der Waals surface area contributed by atoms with E-state index in [1.54, 1.807) is 28.1 Å². The summed E-state index contributed by atoms with van der Waals surface area (Å²) in [4.78, 5) is 14.1. The van der Waals surface area contributed by atoms with Gasteiger partial charge in [-0.3, -0.25) is 4.98 Å². The number of rotatable bonds is 7. The lowest BCUT2D eigenvalue weighted by molar-refractivity contribution is -0.137. The van der Waals surface area contributed by atoms with Crippen molar-refractivity contribution in [1.29, 1.82) is 0 Å². The zero-order chi connectivity index (χ0) is 27.4. The van der Waals surface area contributed by atoms with Gasteiger partial charge >= 0.3 is 6.18 Å². The molecule has 39 heavy (non-hydrogen) atoms. The van der Waals surface area contributed by atoms with Gasteiger partial charge in [-0.05, 0) is 43.7 Å². The van der Waals surface area contributed by atoms with Crippen LogP contribution in [0.5, 0.6) is 0 Å². The zero-order valence-corrected chi connectivity index (χ0v) is 21.0. The Balaban J connectivity index is 1.24. The summed E-state index contributed by atoms with van der Waals surface area (Å²) < 4.78 is 60.1. The molecule has 0 radical (unpaired) electrons. The third kappa shape index (κ3) is 6.70. The molecule has 0 spiro atoms. The zero-order valence-electron chi connectivity index (χ0n) is 21.0. The summed E-state index contributed by atoms with van der Waals surface area (Å²) in [5.41, 5.74) is 6.79. The Labute approximate surface area is 222 Å². The average molecular weight is 546 g/mol. The average Bonchev–Trinajstić information content (AvgIpc) is 3.37. The highest BCUT2D eigenvalue weighted by atomic mass is 19.4. The van der Waals surface area contributed by atoms with Crippen molar-refractivity contribution in [2.75, 3.05) is 53.5 Å². The van der Waals surface area contributed by atoms with E-state index in [9.17, 15) is 17.6 Å². The minimum Gasteiger partial charge on any atom is -0.378 e. The maximum absolute atomic E-state index is 14.2. The van der Waals surface area contributed by atoms with E-state index in [4.69, 9.17) is 4.74 Å². The summed E-state index contributed by atoms with van der Waals surface area (Å²) in [7, 11) is 0. The van der Waals surface area contributed by atoms with Crippen LogP contribution in [0.3, 0.4) is 0 Å². The molecule has 4 heterocycles. The number of hydrazine groups is 1. The van der Waals surface area contributed by atoms with Crippen LogP contribution >= 0.6 is 0 Å². The molecule has 10 nitrogen and oxygen atoms in total. The van der Waals surface area contributed by atoms with Crippen LogP contribution in [0.25, 0.3) is 0 Å². The predicted molar refractivity (Wildman–Crippen MR) is 140 cm³/mol. The Morgan fingerprint density at radius 3 is 2.59 bits per heavy atom. The molecule has 1 atom stereocenters. The molecule has 5 rings (SSSR count). The van der Waals surface area contributed by atoms with Crippen molar-refractivity contribution in [3.8, 4) is 0 Å². The lowest BCUT2D eigenvalue weighted by Crippen LogP contribution is -2.37. The molecule has 1 unspecified atom stereocenters. The standard InChI is InChI=1S/C25H27F4N9O/c1-16-4-5-38(36-16)21-11-17(25(27,28)29)10-20(12-21)33-19-3-2-18(30-13-19)14-32-35-24-31-15-22(26)23(34-24)37-6-8-39-9-7-37/h2-3,10-16,33,36H,4-9H2,1H3,(H,31,34,35)/b32-14+. The molecule has 0 aliphatic carbocycles. The van der Waals surface area contributed by atoms with Crippen LogP contribution in [0.1, 0.15) is 24.6 Å². The van der Waals surface area contributed by atoms with Gasteiger partial charge in [0.15, 0.2) is 11.6 Å². The van der Waals surface area contributed by atoms with Crippen molar-refractivity contribution in [3.63, 3.8) is 0 Å². The van der Waals surface area contributed by atoms with Crippen molar-refractivity contribution in [2.45, 2.75) is 25.6 Å². The van der Waals surface area contributed by atoms with Crippen molar-refractivity contribution < 1.29 is 22.3 Å². The first-order valence-electron chi connectivity index (χ1n) is 12.4. The fourth-order valence-corrected chi connectivity index (χ4v) is 4.21. The molecule has 2 fully saturated rings. The van der Waals surface area contributed by atoms with Crippen molar-refractivity contribution >= 4 is 35.0 Å². The van der Waals surface area contributed by atoms with E-state index in [2.05, 4.69) is 36.2 Å². The number of morpholine rings is 1. The summed E-state index contributed by atoms with van der Waals surface area (Å²) in [6.07, 6.45) is 0.341. The number of hydrogen-bond acceptors (Lipinski definition) is 10. The van der Waals surface area contributed by atoms with Crippen molar-refractivity contribution in [2.24, 2.45) is 5.10 Å². The molecule has 3 N–H and O–H groups in total. The lowest BCUT2D eigenvalue weighted by atomic mass is 10.1. The SMILES string of the molecule is CC1CCN(c2cc(Nc3ccc(/C=N/Nc4ncc(F)c(N5CCOCC5)n4)nc3)cc(C(F)(F)F)c2)N1. The van der Waals surface area contributed by atoms with E-state index in [0.717, 1.165) is 24.8 Å². The van der Waals surface area contributed by atoms with Gasteiger partial charge in [-0.1, -0.05) is 0 Å². The molecule has 2 aliphatic rings. The summed E-state index contributed by atoms with van der Waals surface area (Å²) in [6, 6.07) is 7.37. The van der Waals surface area contributed by atoms with Gasteiger partial charge in [-0.25, -0.2) is 20.2 Å². The van der Waals surface area contributed by atoms with E-state index in [1.807, 2.05) is 6.92 Å². The first-order chi connectivity index (χ1) is 18.7. The first kappa shape index (κ1) is 26.6. The molecule has 0 bridgehead atoms. The van der Waals surface area contributed by atoms with Crippen LogP contribution in [0.4, 0.5) is 46.4 Å². The van der Waals surface area contributed by atoms with E-state index in [-0.39, 0.29) is 23.5 Å². The third-order valence-corrected chi connectivity index (χ3v) is 6.19. The molecule has 0 saturated carbocycles. The summed E-state index contributed by atoms with van der Waals surface area (Å²) in [5, 5.41) is 8.78. The molecule has 14 heteroatoms. The number of benzene rings is 1. The molecule has 2 aliphatic heterocycles. The monoisotopic (exact) mass is 545 g/mol. The molecule has 2 saturated heterocycles. The number of ether oxygens (including phenoxy) is 1. The summed E-state index contributed by atoms with van der Waals surface area (Å²) in [5.74, 6) is -0.239. The lowest BCUT2D eigenvalue weighted by Gasteiger charge is -2.27. The van der Waals surface area contributed by atoms with Gasteiger partial charge in [-0.2, -0.15) is 23.3 Å². The second-order valence-electron chi connectivity index (χ2n) is 9.17. The number of anilines is 5. The Kier molecular flexibility index (Phi) is 7.74. The molecule has 2 aromatic heterocycles. The normalized spacial score (nSPS) is 18.1. The Hall–Kier alpha value is -4.04. The molecular weight excluding hydrogens is 518 g/mol. The highest BCUT2D eigenvalue weighted by molar-refractivity contribution is 5.78. The first-order valence-corrected chi connectivity index (χ1v) is 12.4. The van der Waals surface area contributed by atoms with Crippen molar-refractivity contribution in [3.05, 3.63) is 59.8 Å². The fourth-order valence-electron chi connectivity index (χ4n) is 4.21. The molecular formula is C25H27F4N9O. The van der Waals surface area contributed by atoms with Crippen LogP contribution in [0, 0.1) is 5.82 Å². The van der Waals surface area contributed by atoms with E-state index in [0.29, 0.717) is 49.9 Å². The number of hydrazone groups is 1. The van der Waals surface area contributed by atoms with Crippen LogP contribution in [-0.2, 0) is 10.9 Å². The number of nitrogens with one attached hydrogen (secondary N) is 3. The quantitative estimate of drug-likeness (QED) is 0.230. The minimum atomic E-state index is -4.49. The van der Waals surface area contributed by atoms with Crippen molar-refractivity contribution in [1.82, 2.24) is 20.4 Å². The van der Waals surface area contributed by atoms with Gasteiger partial charge in [0.25, 0.3) is 0 Å². The molecule has 0 amide bonds. The van der Waals surface area contributed by atoms with Gasteiger partial charge in [0.1, 0.15) is 0 Å². The van der Waals surface area contributed by atoms with Gasteiger partial charge < -0.3 is 20.0 Å². The van der Waals surface area contributed by atoms with Gasteiger partial charge in [0.05, 0.1) is 54.5 Å². The number of halogens is 4. The van der Waals surface area contributed by atoms with Crippen LogP contribution in [0.15, 0.2) is 47.8 Å². The highest BCUT2D eigenvalue weighted by Gasteiger charge is 2.32. The highest BCUT2D eigenvalue weighted by Crippen LogP contribution is 2.35. The number of aromatic nitrogens is 3. The molecule has 206 valence electrons. The minimum absolute atomic E-state index is 0.120. The Morgan fingerprint density at radius 2 is 1.90 bits per heavy atom. The topological polar surface area (TPSA) is 103 Å². The fraction of sp³-hybridized carbons (Fsp3) is 0.360. The van der Waals surface area contributed by atoms with Crippen LogP contribution in [-0.4, -0.2) is 60.1 Å². The van der Waals surface area contributed by atoms with Gasteiger partial charge in [0, 0.05) is 31.4 Å². The number of hydrogen-bond donors (Lipinski definition) is 3. The van der Waals surface area contributed by atoms with Crippen LogP contribution in [0.2, 0.25) is 0 Å². The van der Waals surface area contributed by atoms with E-state index < -0.39 is 17.6 Å². The number of pyridine rings is 1. The Morgan fingerprint density at radius 1 is 1.08 bits per heavy atom. The largest absolute Gasteiger partial charge is 0.416 e. The smallest absolute Gasteiger partial charge is 0.378 e. The van der Waals surface area contributed by atoms with E-state index >= 15 is 0 Å². The maximum atomic E-state index is 14.2. The van der Waals surface area contributed by atoms with E-state index in [1.165, 1.54) is 12.4 Å². The van der Waals surface area contributed by atoms with Gasteiger partial charge in [0.2, 0.25) is 5.95 Å². The molecule has 3 aromatic rings. The second kappa shape index (κ2) is 11.4. The summed E-state index contributed by atoms with van der Waals surface area (Å²) in [6.45, 7) is 4.63. The van der Waals surface area contributed by atoms with Gasteiger partial charge in [-0.15, -0.1) is 0 Å². The number of nitrogens with zero attached hydrogens (tertiary/aromatic N) is 6.